The number of thioether (sulfide) groups is 1. The maximum absolute atomic E-state index is 13.3. The van der Waals surface area contributed by atoms with Crippen molar-refractivity contribution in [1.29, 1.82) is 0 Å². The Bertz CT molecular complexity index is 1820. The Kier molecular flexibility index (Phi) is 9.34. The fourth-order valence-electron chi connectivity index (χ4n) is 4.21. The minimum Gasteiger partial charge on any atom is -0.321 e. The third kappa shape index (κ3) is 7.77. The topological polar surface area (TPSA) is 100 Å². The molecule has 3 N–H and O–H groups in total. The molecular formula is C34H30N4O3S2. The van der Waals surface area contributed by atoms with Crippen LogP contribution in [0.15, 0.2) is 108 Å². The molecule has 0 saturated carbocycles. The number of rotatable bonds is 9. The van der Waals surface area contributed by atoms with E-state index in [0.29, 0.717) is 16.4 Å². The molecule has 1 aromatic heterocycles. The van der Waals surface area contributed by atoms with Gasteiger partial charge in [-0.05, 0) is 92.1 Å². The number of hydrogen-bond acceptors (Lipinski definition) is 6. The molecule has 0 radical (unpaired) electrons. The van der Waals surface area contributed by atoms with Crippen molar-refractivity contribution >= 4 is 67.9 Å². The van der Waals surface area contributed by atoms with E-state index in [-0.39, 0.29) is 22.8 Å². The van der Waals surface area contributed by atoms with Crippen molar-refractivity contribution in [3.8, 4) is 0 Å². The van der Waals surface area contributed by atoms with Crippen LogP contribution in [0.4, 0.5) is 10.8 Å². The Morgan fingerprint density at radius 2 is 1.58 bits per heavy atom. The summed E-state index contributed by atoms with van der Waals surface area (Å²) in [7, 11) is 0. The van der Waals surface area contributed by atoms with Gasteiger partial charge in [0.15, 0.2) is 5.13 Å². The van der Waals surface area contributed by atoms with Gasteiger partial charge in [0, 0.05) is 16.1 Å². The number of aryl methyl sites for hydroxylation is 2. The molecule has 5 rings (SSSR count). The van der Waals surface area contributed by atoms with Gasteiger partial charge in [-0.3, -0.25) is 14.4 Å². The highest BCUT2D eigenvalue weighted by Crippen LogP contribution is 2.29. The van der Waals surface area contributed by atoms with Crippen molar-refractivity contribution in [3.63, 3.8) is 0 Å². The first-order valence-corrected chi connectivity index (χ1v) is 15.3. The maximum Gasteiger partial charge on any atom is 0.272 e. The molecule has 1 atom stereocenters. The smallest absolute Gasteiger partial charge is 0.272 e. The van der Waals surface area contributed by atoms with Crippen LogP contribution in [0.3, 0.4) is 0 Å². The Morgan fingerprint density at radius 1 is 0.860 bits per heavy atom. The number of thiazole rings is 1. The number of nitrogens with zero attached hydrogens (tertiary/aromatic N) is 1. The number of carbonyl (C=O) groups is 3. The summed E-state index contributed by atoms with van der Waals surface area (Å²) in [5, 5.41) is 8.77. The van der Waals surface area contributed by atoms with Crippen LogP contribution in [0.25, 0.3) is 16.3 Å². The molecule has 0 aliphatic carbocycles. The summed E-state index contributed by atoms with van der Waals surface area (Å²) in [6.07, 6.45) is 1.67. The van der Waals surface area contributed by atoms with E-state index in [1.165, 1.54) is 23.1 Å². The summed E-state index contributed by atoms with van der Waals surface area (Å²) in [5.74, 6) is -0.972. The lowest BCUT2D eigenvalue weighted by molar-refractivity contribution is -0.115. The van der Waals surface area contributed by atoms with E-state index in [1.54, 1.807) is 42.5 Å². The first-order valence-electron chi connectivity index (χ1n) is 13.6. The molecule has 0 bridgehead atoms. The van der Waals surface area contributed by atoms with E-state index in [4.69, 9.17) is 0 Å². The van der Waals surface area contributed by atoms with Gasteiger partial charge in [-0.25, -0.2) is 4.98 Å². The van der Waals surface area contributed by atoms with Gasteiger partial charge in [0.05, 0.1) is 15.5 Å². The van der Waals surface area contributed by atoms with Crippen LogP contribution in [0.1, 0.15) is 34.0 Å². The SMILES string of the molecule is Cc1ccc2nc(NC(=O)C(C)Sc3ccc(NC(=O)/C(=C/c4ccccc4C)NC(=O)c4ccccc4)cc3)sc2c1. The average molecular weight is 607 g/mol. The first-order chi connectivity index (χ1) is 20.7. The number of benzene rings is 4. The normalized spacial score (nSPS) is 12.0. The fourth-order valence-corrected chi connectivity index (χ4v) is 6.05. The summed E-state index contributed by atoms with van der Waals surface area (Å²) in [5.41, 5.74) is 4.93. The molecule has 4 aromatic carbocycles. The summed E-state index contributed by atoms with van der Waals surface area (Å²) < 4.78 is 1.03. The van der Waals surface area contributed by atoms with Crippen LogP contribution >= 0.6 is 23.1 Å². The molecule has 3 amide bonds. The first kappa shape index (κ1) is 29.8. The number of fused-ring (bicyclic) bond motifs is 1. The number of amides is 3. The van der Waals surface area contributed by atoms with Crippen LogP contribution in [0, 0.1) is 13.8 Å². The molecule has 7 nitrogen and oxygen atoms in total. The monoisotopic (exact) mass is 606 g/mol. The van der Waals surface area contributed by atoms with E-state index in [0.717, 1.165) is 31.8 Å². The maximum atomic E-state index is 13.3. The molecule has 0 saturated heterocycles. The highest BCUT2D eigenvalue weighted by Gasteiger charge is 2.18. The van der Waals surface area contributed by atoms with E-state index in [2.05, 4.69) is 27.0 Å². The third-order valence-electron chi connectivity index (χ3n) is 6.59. The Hall–Kier alpha value is -4.73. The van der Waals surface area contributed by atoms with Crippen molar-refractivity contribution < 1.29 is 14.4 Å². The third-order valence-corrected chi connectivity index (χ3v) is 8.63. The number of anilines is 2. The molecule has 216 valence electrons. The van der Waals surface area contributed by atoms with Gasteiger partial charge in [0.25, 0.3) is 11.8 Å². The van der Waals surface area contributed by atoms with Gasteiger partial charge in [-0.2, -0.15) is 0 Å². The van der Waals surface area contributed by atoms with Crippen molar-refractivity contribution in [2.24, 2.45) is 0 Å². The van der Waals surface area contributed by atoms with Crippen molar-refractivity contribution in [3.05, 3.63) is 125 Å². The zero-order valence-electron chi connectivity index (χ0n) is 23.9. The van der Waals surface area contributed by atoms with Crippen LogP contribution in [0.5, 0.6) is 0 Å². The van der Waals surface area contributed by atoms with Crippen molar-refractivity contribution in [1.82, 2.24) is 10.3 Å². The molecule has 0 spiro atoms. The molecule has 5 aromatic rings. The quantitative estimate of drug-likeness (QED) is 0.120. The van der Waals surface area contributed by atoms with E-state index < -0.39 is 5.91 Å². The minimum atomic E-state index is -0.452. The number of nitrogens with one attached hydrogen (secondary N) is 3. The van der Waals surface area contributed by atoms with Gasteiger partial charge in [-0.1, -0.05) is 59.9 Å². The van der Waals surface area contributed by atoms with Gasteiger partial charge in [-0.15, -0.1) is 11.8 Å². The second-order valence-corrected chi connectivity index (χ2v) is 12.4. The summed E-state index contributed by atoms with van der Waals surface area (Å²) in [6, 6.07) is 29.6. The highest BCUT2D eigenvalue weighted by atomic mass is 32.2. The molecule has 0 fully saturated rings. The van der Waals surface area contributed by atoms with Crippen LogP contribution in [-0.2, 0) is 9.59 Å². The second kappa shape index (κ2) is 13.5. The van der Waals surface area contributed by atoms with Gasteiger partial charge < -0.3 is 16.0 Å². The number of carbonyl (C=O) groups excluding carboxylic acids is 3. The number of hydrogen-bond donors (Lipinski definition) is 3. The van der Waals surface area contributed by atoms with Crippen LogP contribution in [-0.4, -0.2) is 28.0 Å². The van der Waals surface area contributed by atoms with E-state index in [9.17, 15) is 14.4 Å². The molecule has 0 aliphatic rings. The summed E-state index contributed by atoms with van der Waals surface area (Å²) in [4.78, 5) is 44.5. The number of aromatic nitrogens is 1. The molecule has 1 heterocycles. The second-order valence-electron chi connectivity index (χ2n) is 9.95. The lowest BCUT2D eigenvalue weighted by atomic mass is 10.1. The zero-order chi connectivity index (χ0) is 30.3. The standard InChI is InChI=1S/C34H30N4O3S2/c1-21-13-18-28-30(19-21)43-34(37-28)38-31(39)23(3)42-27-16-14-26(15-17-27)35-33(41)29(20-25-12-8-7-9-22(25)2)36-32(40)24-10-5-4-6-11-24/h4-20,23H,1-3H3,(H,35,41)(H,36,40)(H,37,38,39)/b29-20-. The molecule has 43 heavy (non-hydrogen) atoms. The molecule has 1 unspecified atom stereocenters. The predicted molar refractivity (Wildman–Crippen MR) is 176 cm³/mol. The summed E-state index contributed by atoms with van der Waals surface area (Å²) >= 11 is 2.86. The fraction of sp³-hybridized carbons (Fsp3) is 0.118. The zero-order valence-corrected chi connectivity index (χ0v) is 25.5. The lowest BCUT2D eigenvalue weighted by Gasteiger charge is -2.13. The molecule has 0 aliphatic heterocycles. The summed E-state index contributed by atoms with van der Waals surface area (Å²) in [6.45, 7) is 5.81. The Balaban J connectivity index is 1.24. The Labute approximate surface area is 258 Å². The predicted octanol–water partition coefficient (Wildman–Crippen LogP) is 7.44. The van der Waals surface area contributed by atoms with Gasteiger partial charge >= 0.3 is 0 Å². The van der Waals surface area contributed by atoms with Gasteiger partial charge in [0.2, 0.25) is 5.91 Å². The largest absolute Gasteiger partial charge is 0.321 e. The highest BCUT2D eigenvalue weighted by molar-refractivity contribution is 8.00. The van der Waals surface area contributed by atoms with Gasteiger partial charge in [0.1, 0.15) is 5.70 Å². The average Bonchev–Trinajstić information content (AvgIpc) is 3.40. The van der Waals surface area contributed by atoms with Crippen LogP contribution in [0.2, 0.25) is 0 Å². The van der Waals surface area contributed by atoms with Crippen molar-refractivity contribution in [2.45, 2.75) is 30.9 Å². The van der Waals surface area contributed by atoms with Crippen molar-refractivity contribution in [2.75, 3.05) is 10.6 Å². The Morgan fingerprint density at radius 3 is 2.33 bits per heavy atom. The van der Waals surface area contributed by atoms with E-state index in [1.807, 2.05) is 75.4 Å². The minimum absolute atomic E-state index is 0.122. The molecular weight excluding hydrogens is 577 g/mol. The van der Waals surface area contributed by atoms with Crippen LogP contribution < -0.4 is 16.0 Å². The lowest BCUT2D eigenvalue weighted by Crippen LogP contribution is -2.30. The van der Waals surface area contributed by atoms with E-state index >= 15 is 0 Å². The molecule has 9 heteroatoms.